The van der Waals surface area contributed by atoms with Gasteiger partial charge in [-0.25, -0.2) is 4.98 Å². The van der Waals surface area contributed by atoms with Crippen LogP contribution in [-0.2, 0) is 13.0 Å². The van der Waals surface area contributed by atoms with Crippen LogP contribution in [0.4, 0.5) is 0 Å². The Morgan fingerprint density at radius 1 is 1.57 bits per heavy atom. The maximum absolute atomic E-state index is 5.85. The molecule has 1 rings (SSSR count). The lowest BCUT2D eigenvalue weighted by Crippen LogP contribution is -2.42. The van der Waals surface area contributed by atoms with Gasteiger partial charge in [-0.05, 0) is 20.3 Å². The summed E-state index contributed by atoms with van der Waals surface area (Å²) in [5.74, 6) is 0. The second kappa shape index (κ2) is 4.87. The zero-order valence-corrected chi connectivity index (χ0v) is 9.95. The van der Waals surface area contributed by atoms with Gasteiger partial charge in [-0.15, -0.1) is 11.3 Å². The summed E-state index contributed by atoms with van der Waals surface area (Å²) in [6.45, 7) is 7.81. The number of nitrogens with zero attached hydrogens (tertiary/aromatic N) is 1. The number of hydrogen-bond acceptors (Lipinski definition) is 4. The molecule has 3 N–H and O–H groups in total. The number of aryl methyl sites for hydroxylation is 1. The second-order valence-electron chi connectivity index (χ2n) is 4.17. The first-order chi connectivity index (χ1) is 6.51. The van der Waals surface area contributed by atoms with Gasteiger partial charge >= 0.3 is 0 Å². The predicted molar refractivity (Wildman–Crippen MR) is 61.5 cm³/mol. The van der Waals surface area contributed by atoms with Crippen molar-refractivity contribution in [2.24, 2.45) is 5.73 Å². The van der Waals surface area contributed by atoms with Crippen LogP contribution in [0.15, 0.2) is 6.20 Å². The van der Waals surface area contributed by atoms with Crippen molar-refractivity contribution in [1.29, 1.82) is 0 Å². The second-order valence-corrected chi connectivity index (χ2v) is 5.37. The zero-order chi connectivity index (χ0) is 10.6. The molecule has 0 bridgehead atoms. The minimum atomic E-state index is -0.148. The summed E-state index contributed by atoms with van der Waals surface area (Å²) in [5, 5.41) is 4.45. The molecule has 0 spiro atoms. The molecule has 1 heterocycles. The normalized spacial score (nSPS) is 12.0. The van der Waals surface area contributed by atoms with Gasteiger partial charge in [-0.3, -0.25) is 0 Å². The topological polar surface area (TPSA) is 50.9 Å². The SMILES string of the molecule is CCc1cnc(CNCC(C)(C)N)s1. The van der Waals surface area contributed by atoms with Crippen molar-refractivity contribution in [2.45, 2.75) is 39.3 Å². The van der Waals surface area contributed by atoms with Crippen LogP contribution in [0, 0.1) is 0 Å². The third kappa shape index (κ3) is 4.17. The fraction of sp³-hybridized carbons (Fsp3) is 0.700. The van der Waals surface area contributed by atoms with Gasteiger partial charge in [0, 0.05) is 29.7 Å². The number of rotatable bonds is 5. The predicted octanol–water partition coefficient (Wildman–Crippen LogP) is 1.53. The summed E-state index contributed by atoms with van der Waals surface area (Å²) < 4.78 is 0. The average Bonchev–Trinajstić information content (AvgIpc) is 2.50. The van der Waals surface area contributed by atoms with E-state index in [1.54, 1.807) is 11.3 Å². The molecule has 0 atom stereocenters. The van der Waals surface area contributed by atoms with E-state index >= 15 is 0 Å². The molecule has 80 valence electrons. The van der Waals surface area contributed by atoms with Crippen molar-refractivity contribution in [2.75, 3.05) is 6.54 Å². The Bertz CT molecular complexity index is 275. The highest BCUT2D eigenvalue weighted by atomic mass is 32.1. The molecular formula is C10H19N3S. The van der Waals surface area contributed by atoms with Crippen LogP contribution in [0.3, 0.4) is 0 Å². The van der Waals surface area contributed by atoms with E-state index in [2.05, 4.69) is 17.2 Å². The van der Waals surface area contributed by atoms with Crippen LogP contribution < -0.4 is 11.1 Å². The molecule has 1 aromatic rings. The number of thiazole rings is 1. The van der Waals surface area contributed by atoms with E-state index in [0.717, 1.165) is 24.5 Å². The van der Waals surface area contributed by atoms with Gasteiger partial charge in [-0.2, -0.15) is 0 Å². The molecular weight excluding hydrogens is 194 g/mol. The van der Waals surface area contributed by atoms with Crippen LogP contribution in [0.1, 0.15) is 30.7 Å². The number of hydrogen-bond donors (Lipinski definition) is 2. The number of nitrogens with one attached hydrogen (secondary N) is 1. The smallest absolute Gasteiger partial charge is 0.107 e. The molecule has 0 fully saturated rings. The fourth-order valence-corrected chi connectivity index (χ4v) is 1.92. The first-order valence-corrected chi connectivity index (χ1v) is 5.76. The standard InChI is InChI=1S/C10H19N3S/c1-4-8-5-13-9(14-8)6-12-7-10(2,3)11/h5,12H,4,6-7,11H2,1-3H3. The van der Waals surface area contributed by atoms with Crippen molar-refractivity contribution in [3.63, 3.8) is 0 Å². The van der Waals surface area contributed by atoms with Crippen molar-refractivity contribution in [3.8, 4) is 0 Å². The fourth-order valence-electron chi connectivity index (χ4n) is 1.08. The number of aromatic nitrogens is 1. The summed E-state index contributed by atoms with van der Waals surface area (Å²) in [6.07, 6.45) is 3.02. The van der Waals surface area contributed by atoms with Gasteiger partial charge in [0.15, 0.2) is 0 Å². The zero-order valence-electron chi connectivity index (χ0n) is 9.13. The van der Waals surface area contributed by atoms with E-state index < -0.39 is 0 Å². The van der Waals surface area contributed by atoms with E-state index in [4.69, 9.17) is 5.73 Å². The van der Waals surface area contributed by atoms with E-state index in [9.17, 15) is 0 Å². The van der Waals surface area contributed by atoms with Gasteiger partial charge in [0.05, 0.1) is 0 Å². The minimum absolute atomic E-state index is 0.148. The highest BCUT2D eigenvalue weighted by molar-refractivity contribution is 7.11. The molecule has 0 amide bonds. The highest BCUT2D eigenvalue weighted by Crippen LogP contribution is 2.12. The van der Waals surface area contributed by atoms with Gasteiger partial charge in [0.25, 0.3) is 0 Å². The Balaban J connectivity index is 2.31. The molecule has 0 saturated heterocycles. The Kier molecular flexibility index (Phi) is 4.04. The lowest BCUT2D eigenvalue weighted by molar-refractivity contribution is 0.466. The third-order valence-corrected chi connectivity index (χ3v) is 2.95. The Morgan fingerprint density at radius 2 is 2.29 bits per heavy atom. The summed E-state index contributed by atoms with van der Waals surface area (Å²) >= 11 is 1.77. The Hall–Kier alpha value is -0.450. The lowest BCUT2D eigenvalue weighted by atomic mass is 10.1. The highest BCUT2D eigenvalue weighted by Gasteiger charge is 2.09. The van der Waals surface area contributed by atoms with Gasteiger partial charge in [0.2, 0.25) is 0 Å². The molecule has 1 aromatic heterocycles. The van der Waals surface area contributed by atoms with Crippen LogP contribution in [0.25, 0.3) is 0 Å². The van der Waals surface area contributed by atoms with Crippen LogP contribution >= 0.6 is 11.3 Å². The van der Waals surface area contributed by atoms with Crippen LogP contribution in [0.5, 0.6) is 0 Å². The molecule has 0 aliphatic heterocycles. The maximum Gasteiger partial charge on any atom is 0.107 e. The van der Waals surface area contributed by atoms with E-state index in [1.807, 2.05) is 20.0 Å². The van der Waals surface area contributed by atoms with E-state index in [1.165, 1.54) is 4.88 Å². The van der Waals surface area contributed by atoms with E-state index in [-0.39, 0.29) is 5.54 Å². The quantitative estimate of drug-likeness (QED) is 0.780. The van der Waals surface area contributed by atoms with Gasteiger partial charge < -0.3 is 11.1 Å². The van der Waals surface area contributed by atoms with Crippen molar-refractivity contribution in [1.82, 2.24) is 10.3 Å². The molecule has 3 nitrogen and oxygen atoms in total. The van der Waals surface area contributed by atoms with Crippen molar-refractivity contribution >= 4 is 11.3 Å². The summed E-state index contributed by atoms with van der Waals surface area (Å²) in [4.78, 5) is 5.66. The molecule has 0 aromatic carbocycles. The van der Waals surface area contributed by atoms with Crippen LogP contribution in [-0.4, -0.2) is 17.1 Å². The van der Waals surface area contributed by atoms with Gasteiger partial charge in [0.1, 0.15) is 5.01 Å². The average molecular weight is 213 g/mol. The molecule has 0 saturated carbocycles. The minimum Gasteiger partial charge on any atom is -0.324 e. The molecule has 0 aliphatic carbocycles. The number of nitrogens with two attached hydrogens (primary N) is 1. The Labute approximate surface area is 89.7 Å². The summed E-state index contributed by atoms with van der Waals surface area (Å²) in [5.41, 5.74) is 5.70. The van der Waals surface area contributed by atoms with Gasteiger partial charge in [-0.1, -0.05) is 6.92 Å². The maximum atomic E-state index is 5.85. The molecule has 14 heavy (non-hydrogen) atoms. The van der Waals surface area contributed by atoms with Crippen molar-refractivity contribution in [3.05, 3.63) is 16.1 Å². The third-order valence-electron chi connectivity index (χ3n) is 1.81. The lowest BCUT2D eigenvalue weighted by Gasteiger charge is -2.18. The van der Waals surface area contributed by atoms with Crippen molar-refractivity contribution < 1.29 is 0 Å². The molecule has 0 unspecified atom stereocenters. The largest absolute Gasteiger partial charge is 0.324 e. The van der Waals surface area contributed by atoms with E-state index in [0.29, 0.717) is 0 Å². The summed E-state index contributed by atoms with van der Waals surface area (Å²) in [7, 11) is 0. The first-order valence-electron chi connectivity index (χ1n) is 4.94. The molecule has 0 aliphatic rings. The Morgan fingerprint density at radius 3 is 2.79 bits per heavy atom. The summed E-state index contributed by atoms with van der Waals surface area (Å²) in [6, 6.07) is 0. The molecule has 0 radical (unpaired) electrons. The monoisotopic (exact) mass is 213 g/mol. The molecule has 4 heteroatoms. The van der Waals surface area contributed by atoms with Crippen LogP contribution in [0.2, 0.25) is 0 Å². The first kappa shape index (κ1) is 11.6.